The predicted octanol–water partition coefficient (Wildman–Crippen LogP) is 1.91. The van der Waals surface area contributed by atoms with Crippen molar-refractivity contribution in [2.75, 3.05) is 7.11 Å². The van der Waals surface area contributed by atoms with Crippen LogP contribution in [0.1, 0.15) is 28.8 Å². The number of hydrogen-bond acceptors (Lipinski definition) is 4. The number of halogens is 1. The maximum Gasteiger partial charge on any atom is 0.335 e. The Morgan fingerprint density at radius 1 is 1.43 bits per heavy atom. The van der Waals surface area contributed by atoms with Gasteiger partial charge in [-0.3, -0.25) is 0 Å². The smallest absolute Gasteiger partial charge is 0.335 e. The predicted molar refractivity (Wildman–Crippen MR) is 80.0 cm³/mol. The molecule has 116 valence electrons. The lowest BCUT2D eigenvalue weighted by atomic mass is 9.90. The summed E-state index contributed by atoms with van der Waals surface area (Å²) in [6.07, 6.45) is 1.32. The molecular formula is C13H16BrNO5S. The number of rotatable bonds is 5. The average molecular weight is 378 g/mol. The molecule has 1 aliphatic carbocycles. The van der Waals surface area contributed by atoms with E-state index in [0.29, 0.717) is 22.9 Å². The molecular weight excluding hydrogens is 362 g/mol. The first kappa shape index (κ1) is 16.4. The highest BCUT2D eigenvalue weighted by atomic mass is 79.9. The van der Waals surface area contributed by atoms with Gasteiger partial charge < -0.3 is 9.84 Å². The molecule has 0 aromatic heterocycles. The number of aromatic carboxylic acids is 1. The number of sulfonamides is 1. The SMILES string of the molecule is COC1CC(NS(=O)(=O)c2cc(C(=O)O)cc(Br)c2C)C1. The molecule has 0 saturated heterocycles. The van der Waals surface area contributed by atoms with Crippen LogP contribution in [-0.2, 0) is 14.8 Å². The molecule has 2 rings (SSSR count). The average Bonchev–Trinajstić information content (AvgIpc) is 2.35. The van der Waals surface area contributed by atoms with Gasteiger partial charge in [0.05, 0.1) is 16.6 Å². The largest absolute Gasteiger partial charge is 0.478 e. The van der Waals surface area contributed by atoms with Gasteiger partial charge in [0.1, 0.15) is 0 Å². The van der Waals surface area contributed by atoms with Gasteiger partial charge >= 0.3 is 5.97 Å². The number of carboxylic acid groups (broad SMARTS) is 1. The van der Waals surface area contributed by atoms with E-state index in [1.165, 1.54) is 12.1 Å². The van der Waals surface area contributed by atoms with E-state index in [-0.39, 0.29) is 22.6 Å². The van der Waals surface area contributed by atoms with E-state index in [4.69, 9.17) is 9.84 Å². The van der Waals surface area contributed by atoms with Crippen molar-refractivity contribution in [3.8, 4) is 0 Å². The Hall–Kier alpha value is -0.960. The Morgan fingerprint density at radius 2 is 2.05 bits per heavy atom. The van der Waals surface area contributed by atoms with E-state index in [9.17, 15) is 13.2 Å². The zero-order valence-corrected chi connectivity index (χ0v) is 14.0. The van der Waals surface area contributed by atoms with E-state index in [0.717, 1.165) is 0 Å². The van der Waals surface area contributed by atoms with E-state index in [1.54, 1.807) is 14.0 Å². The molecule has 0 aliphatic heterocycles. The fourth-order valence-electron chi connectivity index (χ4n) is 2.19. The summed E-state index contributed by atoms with van der Waals surface area (Å²) >= 11 is 3.20. The molecule has 2 N–H and O–H groups in total. The molecule has 0 bridgehead atoms. The van der Waals surface area contributed by atoms with Crippen LogP contribution in [0.5, 0.6) is 0 Å². The molecule has 0 radical (unpaired) electrons. The van der Waals surface area contributed by atoms with Crippen molar-refractivity contribution in [3.05, 3.63) is 27.7 Å². The van der Waals surface area contributed by atoms with Gasteiger partial charge in [-0.2, -0.15) is 0 Å². The summed E-state index contributed by atoms with van der Waals surface area (Å²) in [7, 11) is -2.17. The molecule has 1 fully saturated rings. The van der Waals surface area contributed by atoms with Crippen molar-refractivity contribution < 1.29 is 23.1 Å². The number of ether oxygens (including phenoxy) is 1. The fraction of sp³-hybridized carbons (Fsp3) is 0.462. The minimum Gasteiger partial charge on any atom is -0.478 e. The van der Waals surface area contributed by atoms with Crippen LogP contribution in [0, 0.1) is 6.92 Å². The van der Waals surface area contributed by atoms with Gasteiger partial charge in [-0.05, 0) is 37.5 Å². The topological polar surface area (TPSA) is 92.7 Å². The highest BCUT2D eigenvalue weighted by molar-refractivity contribution is 9.10. The second-order valence-corrected chi connectivity index (χ2v) is 7.57. The Balaban J connectivity index is 2.29. The standard InChI is InChI=1S/C13H16BrNO5S/c1-7-11(14)3-8(13(16)17)4-12(7)21(18,19)15-9-5-10(6-9)20-2/h3-4,9-10,15H,5-6H2,1-2H3,(H,16,17). The third kappa shape index (κ3) is 3.45. The van der Waals surface area contributed by atoms with Crippen molar-refractivity contribution in [1.29, 1.82) is 0 Å². The lowest BCUT2D eigenvalue weighted by Crippen LogP contribution is -2.47. The molecule has 21 heavy (non-hydrogen) atoms. The number of nitrogens with one attached hydrogen (secondary N) is 1. The van der Waals surface area contributed by atoms with Crippen LogP contribution >= 0.6 is 15.9 Å². The van der Waals surface area contributed by atoms with Crippen LogP contribution in [0.25, 0.3) is 0 Å². The summed E-state index contributed by atoms with van der Waals surface area (Å²) in [5, 5.41) is 9.04. The van der Waals surface area contributed by atoms with Crippen LogP contribution in [0.15, 0.2) is 21.5 Å². The Bertz CT molecular complexity index is 667. The van der Waals surface area contributed by atoms with Gasteiger partial charge in [-0.15, -0.1) is 0 Å². The molecule has 6 nitrogen and oxygen atoms in total. The first-order valence-corrected chi connectivity index (χ1v) is 8.60. The summed E-state index contributed by atoms with van der Waals surface area (Å²) in [6, 6.07) is 2.39. The van der Waals surface area contributed by atoms with Gasteiger partial charge in [-0.1, -0.05) is 15.9 Å². The lowest BCUT2D eigenvalue weighted by molar-refractivity contribution is 0.0236. The zero-order chi connectivity index (χ0) is 15.8. The van der Waals surface area contributed by atoms with Gasteiger partial charge in [0, 0.05) is 17.6 Å². The molecule has 1 aromatic carbocycles. The van der Waals surface area contributed by atoms with Crippen molar-refractivity contribution in [3.63, 3.8) is 0 Å². The third-order valence-corrected chi connectivity index (χ3v) is 6.05. The maximum atomic E-state index is 12.4. The number of carboxylic acids is 1. The van der Waals surface area contributed by atoms with Crippen LogP contribution in [0.3, 0.4) is 0 Å². The second-order valence-electron chi connectivity index (χ2n) is 5.03. The molecule has 1 aliphatic rings. The van der Waals surface area contributed by atoms with Crippen LogP contribution in [-0.4, -0.2) is 38.7 Å². The highest BCUT2D eigenvalue weighted by Gasteiger charge is 2.33. The normalized spacial score (nSPS) is 21.9. The molecule has 8 heteroatoms. The second kappa shape index (κ2) is 6.04. The molecule has 1 saturated carbocycles. The van der Waals surface area contributed by atoms with E-state index in [1.807, 2.05) is 0 Å². The summed E-state index contributed by atoms with van der Waals surface area (Å²) in [5.74, 6) is -1.17. The molecule has 1 aromatic rings. The Morgan fingerprint density at radius 3 is 2.57 bits per heavy atom. The van der Waals surface area contributed by atoms with Crippen molar-refractivity contribution in [2.45, 2.75) is 36.8 Å². The van der Waals surface area contributed by atoms with Crippen molar-refractivity contribution >= 4 is 31.9 Å². The van der Waals surface area contributed by atoms with Gasteiger partial charge in [0.15, 0.2) is 0 Å². The quantitative estimate of drug-likeness (QED) is 0.817. The number of benzene rings is 1. The number of carbonyl (C=O) groups is 1. The summed E-state index contributed by atoms with van der Waals surface area (Å²) in [5.41, 5.74) is 0.409. The minimum atomic E-state index is -3.76. The summed E-state index contributed by atoms with van der Waals surface area (Å²) in [4.78, 5) is 11.0. The van der Waals surface area contributed by atoms with Crippen molar-refractivity contribution in [2.24, 2.45) is 0 Å². The molecule has 0 unspecified atom stereocenters. The number of methoxy groups -OCH3 is 1. The third-order valence-electron chi connectivity index (χ3n) is 3.58. The summed E-state index contributed by atoms with van der Waals surface area (Å²) < 4.78 is 33.0. The Kier molecular flexibility index (Phi) is 4.72. The van der Waals surface area contributed by atoms with Gasteiger partial charge in [0.25, 0.3) is 0 Å². The lowest BCUT2D eigenvalue weighted by Gasteiger charge is -2.34. The fourth-order valence-corrected chi connectivity index (χ4v) is 4.34. The van der Waals surface area contributed by atoms with Crippen LogP contribution < -0.4 is 4.72 Å². The van der Waals surface area contributed by atoms with E-state index >= 15 is 0 Å². The molecule has 0 atom stereocenters. The number of hydrogen-bond donors (Lipinski definition) is 2. The maximum absolute atomic E-state index is 12.4. The van der Waals surface area contributed by atoms with Crippen LogP contribution in [0.4, 0.5) is 0 Å². The highest BCUT2D eigenvalue weighted by Crippen LogP contribution is 2.28. The zero-order valence-electron chi connectivity index (χ0n) is 11.6. The van der Waals surface area contributed by atoms with E-state index < -0.39 is 16.0 Å². The van der Waals surface area contributed by atoms with Crippen molar-refractivity contribution in [1.82, 2.24) is 4.72 Å². The summed E-state index contributed by atoms with van der Waals surface area (Å²) in [6.45, 7) is 1.63. The molecule has 0 heterocycles. The van der Waals surface area contributed by atoms with Crippen LogP contribution in [0.2, 0.25) is 0 Å². The monoisotopic (exact) mass is 377 g/mol. The van der Waals surface area contributed by atoms with Gasteiger partial charge in [-0.25, -0.2) is 17.9 Å². The first-order chi connectivity index (χ1) is 9.74. The first-order valence-electron chi connectivity index (χ1n) is 6.33. The molecule has 0 spiro atoms. The van der Waals surface area contributed by atoms with Gasteiger partial charge in [0.2, 0.25) is 10.0 Å². The molecule has 0 amide bonds. The Labute approximate surface area is 131 Å². The van der Waals surface area contributed by atoms with E-state index in [2.05, 4.69) is 20.7 Å². The minimum absolute atomic E-state index is 0.0184.